The number of benzene rings is 2. The number of carbonyl (C=O) groups excluding carboxylic acids is 2. The van der Waals surface area contributed by atoms with Crippen LogP contribution in [0.1, 0.15) is 5.56 Å². The number of halogens is 1. The van der Waals surface area contributed by atoms with Crippen molar-refractivity contribution in [2.24, 2.45) is 0 Å². The predicted molar refractivity (Wildman–Crippen MR) is 98.8 cm³/mol. The van der Waals surface area contributed by atoms with Crippen LogP contribution in [-0.4, -0.2) is 47.9 Å². The fourth-order valence-corrected chi connectivity index (χ4v) is 3.00. The summed E-state index contributed by atoms with van der Waals surface area (Å²) in [4.78, 5) is 28.2. The third-order valence-corrected chi connectivity index (χ3v) is 4.61. The maximum absolute atomic E-state index is 12.4. The molecule has 3 rings (SSSR count). The minimum atomic E-state index is -0.135. The summed E-state index contributed by atoms with van der Waals surface area (Å²) in [6.07, 6.45) is 0.288. The Morgan fingerprint density at radius 3 is 2.16 bits per heavy atom. The molecule has 1 aliphatic heterocycles. The summed E-state index contributed by atoms with van der Waals surface area (Å²) in [5.41, 5.74) is 1.60. The quantitative estimate of drug-likeness (QED) is 0.916. The first-order valence-corrected chi connectivity index (χ1v) is 8.63. The van der Waals surface area contributed by atoms with Crippen molar-refractivity contribution in [2.45, 2.75) is 6.42 Å². The van der Waals surface area contributed by atoms with Crippen molar-refractivity contribution in [3.05, 3.63) is 65.2 Å². The second-order valence-corrected chi connectivity index (χ2v) is 6.34. The van der Waals surface area contributed by atoms with E-state index in [1.165, 1.54) is 0 Å². The van der Waals surface area contributed by atoms with E-state index in [2.05, 4.69) is 5.32 Å². The van der Waals surface area contributed by atoms with Crippen molar-refractivity contribution >= 4 is 29.2 Å². The summed E-state index contributed by atoms with van der Waals surface area (Å²) < 4.78 is 0. The van der Waals surface area contributed by atoms with Crippen molar-refractivity contribution in [3.63, 3.8) is 0 Å². The van der Waals surface area contributed by atoms with Gasteiger partial charge in [-0.2, -0.15) is 0 Å². The van der Waals surface area contributed by atoms with Crippen molar-refractivity contribution in [3.8, 4) is 0 Å². The lowest BCUT2D eigenvalue weighted by atomic mass is 10.1. The molecule has 130 valence electrons. The summed E-state index contributed by atoms with van der Waals surface area (Å²) in [6, 6.07) is 16.6. The number of piperazine rings is 1. The summed E-state index contributed by atoms with van der Waals surface area (Å²) in [6.45, 7) is 2.11. The van der Waals surface area contributed by atoms with E-state index in [9.17, 15) is 9.59 Å². The Kier molecular flexibility index (Phi) is 5.56. The zero-order valence-electron chi connectivity index (χ0n) is 13.8. The number of carbonyl (C=O) groups is 2. The number of rotatable bonds is 3. The molecule has 0 bridgehead atoms. The van der Waals surface area contributed by atoms with E-state index in [0.717, 1.165) is 11.3 Å². The predicted octanol–water partition coefficient (Wildman–Crippen LogP) is 3.26. The third-order valence-electron chi connectivity index (χ3n) is 4.24. The van der Waals surface area contributed by atoms with Crippen LogP contribution in [0.4, 0.5) is 10.5 Å². The Balaban J connectivity index is 1.50. The topological polar surface area (TPSA) is 52.7 Å². The normalized spacial score (nSPS) is 14.3. The van der Waals surface area contributed by atoms with E-state index in [1.807, 2.05) is 48.5 Å². The van der Waals surface area contributed by atoms with Gasteiger partial charge in [0.25, 0.3) is 0 Å². The zero-order chi connectivity index (χ0) is 17.6. The van der Waals surface area contributed by atoms with Crippen LogP contribution < -0.4 is 5.32 Å². The van der Waals surface area contributed by atoms with Crippen LogP contribution >= 0.6 is 11.6 Å². The fraction of sp³-hybridized carbons (Fsp3) is 0.263. The van der Waals surface area contributed by atoms with Crippen LogP contribution in [0.2, 0.25) is 5.02 Å². The maximum Gasteiger partial charge on any atom is 0.321 e. The van der Waals surface area contributed by atoms with E-state index < -0.39 is 0 Å². The highest BCUT2D eigenvalue weighted by atomic mass is 35.5. The lowest BCUT2D eigenvalue weighted by Crippen LogP contribution is -2.52. The van der Waals surface area contributed by atoms with Gasteiger partial charge in [-0.1, -0.05) is 48.0 Å². The summed E-state index contributed by atoms with van der Waals surface area (Å²) in [7, 11) is 0. The van der Waals surface area contributed by atoms with Crippen molar-refractivity contribution < 1.29 is 9.59 Å². The standard InChI is InChI=1S/C19H20ClN3O2/c20-17-9-5-4-6-15(17)14-18(24)22-10-12-23(13-11-22)19(25)21-16-7-2-1-3-8-16/h1-9H,10-14H2,(H,21,25). The largest absolute Gasteiger partial charge is 0.339 e. The van der Waals surface area contributed by atoms with Gasteiger partial charge in [-0.15, -0.1) is 0 Å². The second kappa shape index (κ2) is 8.03. The average molecular weight is 358 g/mol. The molecule has 1 fully saturated rings. The van der Waals surface area contributed by atoms with Gasteiger partial charge in [0, 0.05) is 36.9 Å². The zero-order valence-corrected chi connectivity index (χ0v) is 14.6. The van der Waals surface area contributed by atoms with Crippen LogP contribution in [0.5, 0.6) is 0 Å². The van der Waals surface area contributed by atoms with Crippen LogP contribution in [0, 0.1) is 0 Å². The van der Waals surface area contributed by atoms with Gasteiger partial charge in [-0.3, -0.25) is 4.79 Å². The lowest BCUT2D eigenvalue weighted by molar-refractivity contribution is -0.131. The molecule has 5 nitrogen and oxygen atoms in total. The molecule has 0 atom stereocenters. The molecule has 2 aromatic rings. The average Bonchev–Trinajstić information content (AvgIpc) is 2.64. The molecular weight excluding hydrogens is 338 g/mol. The second-order valence-electron chi connectivity index (χ2n) is 5.93. The first kappa shape index (κ1) is 17.3. The molecule has 0 unspecified atom stereocenters. The van der Waals surface area contributed by atoms with Gasteiger partial charge in [0.05, 0.1) is 6.42 Å². The van der Waals surface area contributed by atoms with E-state index in [0.29, 0.717) is 31.2 Å². The highest BCUT2D eigenvalue weighted by Gasteiger charge is 2.24. The van der Waals surface area contributed by atoms with Gasteiger partial charge >= 0.3 is 6.03 Å². The SMILES string of the molecule is O=C(Cc1ccccc1Cl)N1CCN(C(=O)Nc2ccccc2)CC1. The summed E-state index contributed by atoms with van der Waals surface area (Å²) in [5.74, 6) is 0.0382. The molecule has 1 saturated heterocycles. The third kappa shape index (κ3) is 4.51. The molecule has 3 amide bonds. The molecule has 6 heteroatoms. The van der Waals surface area contributed by atoms with Gasteiger partial charge in [0.1, 0.15) is 0 Å². The Morgan fingerprint density at radius 1 is 0.880 bits per heavy atom. The number of hydrogen-bond acceptors (Lipinski definition) is 2. The minimum absolute atomic E-state index is 0.0382. The van der Waals surface area contributed by atoms with Gasteiger partial charge in [-0.05, 0) is 23.8 Å². The highest BCUT2D eigenvalue weighted by Crippen LogP contribution is 2.17. The fourth-order valence-electron chi connectivity index (χ4n) is 2.80. The number of amides is 3. The smallest absolute Gasteiger partial charge is 0.321 e. The van der Waals surface area contributed by atoms with Crippen LogP contribution in [0.25, 0.3) is 0 Å². The Labute approximate surface area is 152 Å². The first-order valence-electron chi connectivity index (χ1n) is 8.25. The molecule has 0 aromatic heterocycles. The summed E-state index contributed by atoms with van der Waals surface area (Å²) in [5, 5.41) is 3.48. The van der Waals surface area contributed by atoms with E-state index in [4.69, 9.17) is 11.6 Å². The number of anilines is 1. The number of nitrogens with zero attached hydrogens (tertiary/aromatic N) is 2. The van der Waals surface area contributed by atoms with Crippen molar-refractivity contribution in [1.29, 1.82) is 0 Å². The number of hydrogen-bond donors (Lipinski definition) is 1. The van der Waals surface area contributed by atoms with E-state index >= 15 is 0 Å². The number of urea groups is 1. The van der Waals surface area contributed by atoms with Gasteiger partial charge < -0.3 is 15.1 Å². The minimum Gasteiger partial charge on any atom is -0.339 e. The molecule has 1 heterocycles. The molecule has 0 saturated carbocycles. The van der Waals surface area contributed by atoms with Crippen molar-refractivity contribution in [1.82, 2.24) is 9.80 Å². The summed E-state index contributed by atoms with van der Waals surface area (Å²) >= 11 is 6.12. The monoisotopic (exact) mass is 357 g/mol. The van der Waals surface area contributed by atoms with Crippen LogP contribution in [0.15, 0.2) is 54.6 Å². The molecule has 1 N–H and O–H groups in total. The van der Waals surface area contributed by atoms with Crippen LogP contribution in [0.3, 0.4) is 0 Å². The van der Waals surface area contributed by atoms with E-state index in [1.54, 1.807) is 15.9 Å². The first-order chi connectivity index (χ1) is 12.1. The Hall–Kier alpha value is -2.53. The van der Waals surface area contributed by atoms with Gasteiger partial charge in [-0.25, -0.2) is 4.79 Å². The van der Waals surface area contributed by atoms with Gasteiger partial charge in [0.2, 0.25) is 5.91 Å². The van der Waals surface area contributed by atoms with E-state index in [-0.39, 0.29) is 18.4 Å². The number of nitrogens with one attached hydrogen (secondary N) is 1. The lowest BCUT2D eigenvalue weighted by Gasteiger charge is -2.34. The molecular formula is C19H20ClN3O2. The molecule has 1 aliphatic rings. The molecule has 25 heavy (non-hydrogen) atoms. The van der Waals surface area contributed by atoms with Gasteiger partial charge in [0.15, 0.2) is 0 Å². The molecule has 0 radical (unpaired) electrons. The molecule has 2 aromatic carbocycles. The highest BCUT2D eigenvalue weighted by molar-refractivity contribution is 6.31. The molecule has 0 aliphatic carbocycles. The van der Waals surface area contributed by atoms with Crippen molar-refractivity contribution in [2.75, 3.05) is 31.5 Å². The maximum atomic E-state index is 12.4. The Morgan fingerprint density at radius 2 is 1.48 bits per heavy atom. The van der Waals surface area contributed by atoms with Crippen LogP contribution in [-0.2, 0) is 11.2 Å². The Bertz CT molecular complexity index is 743. The molecule has 0 spiro atoms. The number of para-hydroxylation sites is 1.